The van der Waals surface area contributed by atoms with Crippen LogP contribution in [0.2, 0.25) is 0 Å². The fourth-order valence-electron chi connectivity index (χ4n) is 2.18. The Labute approximate surface area is 108 Å². The van der Waals surface area contributed by atoms with Crippen LogP contribution in [0.25, 0.3) is 0 Å². The molecule has 2 N–H and O–H groups in total. The lowest BCUT2D eigenvalue weighted by atomic mass is 9.88. The van der Waals surface area contributed by atoms with Crippen LogP contribution in [0.3, 0.4) is 0 Å². The standard InChI is InChI=1S/C14H20N2O2/c1-16(2)14(17)9-18-11-7-6-10-4-3-5-13(15)12(10)8-11/h6-8,13H,3-5,9,15H2,1-2H3. The van der Waals surface area contributed by atoms with E-state index < -0.39 is 0 Å². The third kappa shape index (κ3) is 2.82. The number of likely N-dealkylation sites (N-methyl/N-ethyl adjacent to an activating group) is 1. The maximum Gasteiger partial charge on any atom is 0.259 e. The first-order chi connectivity index (χ1) is 8.58. The van der Waals surface area contributed by atoms with Gasteiger partial charge in [-0.25, -0.2) is 0 Å². The van der Waals surface area contributed by atoms with Gasteiger partial charge >= 0.3 is 0 Å². The minimum Gasteiger partial charge on any atom is -0.484 e. The molecule has 0 aromatic heterocycles. The van der Waals surface area contributed by atoms with Crippen LogP contribution in [-0.4, -0.2) is 31.5 Å². The summed E-state index contributed by atoms with van der Waals surface area (Å²) < 4.78 is 5.50. The lowest BCUT2D eigenvalue weighted by Crippen LogP contribution is -2.27. The zero-order valence-electron chi connectivity index (χ0n) is 11.0. The molecule has 18 heavy (non-hydrogen) atoms. The summed E-state index contributed by atoms with van der Waals surface area (Å²) in [5.74, 6) is 0.679. The number of hydrogen-bond donors (Lipinski definition) is 1. The second-order valence-electron chi connectivity index (χ2n) is 4.94. The summed E-state index contributed by atoms with van der Waals surface area (Å²) in [7, 11) is 3.43. The Bertz CT molecular complexity index is 443. The Morgan fingerprint density at radius 3 is 3.00 bits per heavy atom. The van der Waals surface area contributed by atoms with E-state index in [1.807, 2.05) is 12.1 Å². The smallest absolute Gasteiger partial charge is 0.259 e. The fraction of sp³-hybridized carbons (Fsp3) is 0.500. The van der Waals surface area contributed by atoms with Crippen molar-refractivity contribution in [3.63, 3.8) is 0 Å². The molecule has 0 saturated heterocycles. The Kier molecular flexibility index (Phi) is 3.87. The summed E-state index contributed by atoms with van der Waals surface area (Å²) in [5.41, 5.74) is 8.56. The highest BCUT2D eigenvalue weighted by Crippen LogP contribution is 2.30. The van der Waals surface area contributed by atoms with E-state index in [1.54, 1.807) is 14.1 Å². The summed E-state index contributed by atoms with van der Waals surface area (Å²) in [6, 6.07) is 6.05. The molecule has 1 aliphatic rings. The molecule has 4 heteroatoms. The van der Waals surface area contributed by atoms with Crippen LogP contribution in [0.4, 0.5) is 0 Å². The maximum absolute atomic E-state index is 11.4. The molecule has 98 valence electrons. The van der Waals surface area contributed by atoms with Crippen LogP contribution < -0.4 is 10.5 Å². The van der Waals surface area contributed by atoms with Gasteiger partial charge < -0.3 is 15.4 Å². The summed E-state index contributed by atoms with van der Waals surface area (Å²) in [6.45, 7) is 0.0705. The number of fused-ring (bicyclic) bond motifs is 1. The Morgan fingerprint density at radius 1 is 1.50 bits per heavy atom. The monoisotopic (exact) mass is 248 g/mol. The molecule has 2 rings (SSSR count). The molecule has 1 unspecified atom stereocenters. The number of rotatable bonds is 3. The highest BCUT2D eigenvalue weighted by atomic mass is 16.5. The van der Waals surface area contributed by atoms with Crippen molar-refractivity contribution < 1.29 is 9.53 Å². The van der Waals surface area contributed by atoms with E-state index in [0.29, 0.717) is 0 Å². The largest absolute Gasteiger partial charge is 0.484 e. The Hall–Kier alpha value is -1.55. The second kappa shape index (κ2) is 5.40. The quantitative estimate of drug-likeness (QED) is 0.881. The molecule has 0 bridgehead atoms. The van der Waals surface area contributed by atoms with Crippen molar-refractivity contribution in [1.82, 2.24) is 4.90 Å². The molecule has 0 radical (unpaired) electrons. The van der Waals surface area contributed by atoms with Gasteiger partial charge in [0.15, 0.2) is 6.61 Å². The van der Waals surface area contributed by atoms with Gasteiger partial charge in [0.1, 0.15) is 5.75 Å². The predicted molar refractivity (Wildman–Crippen MR) is 70.5 cm³/mol. The first-order valence-electron chi connectivity index (χ1n) is 6.29. The second-order valence-corrected chi connectivity index (χ2v) is 4.94. The molecule has 0 fully saturated rings. The van der Waals surface area contributed by atoms with Crippen LogP contribution in [0, 0.1) is 0 Å². The van der Waals surface area contributed by atoms with Crippen LogP contribution in [0.5, 0.6) is 5.75 Å². The highest BCUT2D eigenvalue weighted by Gasteiger charge is 2.17. The topological polar surface area (TPSA) is 55.6 Å². The number of nitrogens with zero attached hydrogens (tertiary/aromatic N) is 1. The number of carbonyl (C=O) groups excluding carboxylic acids is 1. The normalized spacial score (nSPS) is 18.1. The van der Waals surface area contributed by atoms with Gasteiger partial charge in [0.25, 0.3) is 5.91 Å². The molecule has 4 nitrogen and oxygen atoms in total. The zero-order chi connectivity index (χ0) is 13.1. The van der Waals surface area contributed by atoms with Crippen molar-refractivity contribution >= 4 is 5.91 Å². The lowest BCUT2D eigenvalue weighted by molar-refractivity contribution is -0.130. The van der Waals surface area contributed by atoms with E-state index in [2.05, 4.69) is 6.07 Å². The van der Waals surface area contributed by atoms with Crippen LogP contribution >= 0.6 is 0 Å². The summed E-state index contributed by atoms with van der Waals surface area (Å²) in [6.07, 6.45) is 3.25. The first kappa shape index (κ1) is 12.9. The van der Waals surface area contributed by atoms with Gasteiger partial charge in [0.2, 0.25) is 0 Å². The number of aryl methyl sites for hydroxylation is 1. The molecule has 0 spiro atoms. The van der Waals surface area contributed by atoms with Gasteiger partial charge in [0.05, 0.1) is 0 Å². The highest BCUT2D eigenvalue weighted by molar-refractivity contribution is 5.77. The van der Waals surface area contributed by atoms with Crippen molar-refractivity contribution in [2.45, 2.75) is 25.3 Å². The third-order valence-electron chi connectivity index (χ3n) is 3.34. The first-order valence-corrected chi connectivity index (χ1v) is 6.29. The maximum atomic E-state index is 11.4. The summed E-state index contributed by atoms with van der Waals surface area (Å²) in [5, 5.41) is 0. The Balaban J connectivity index is 2.06. The molecule has 0 aliphatic heterocycles. The SMILES string of the molecule is CN(C)C(=O)COc1ccc2c(c1)C(N)CCC2. The van der Waals surface area contributed by atoms with E-state index in [-0.39, 0.29) is 18.6 Å². The van der Waals surface area contributed by atoms with Crippen molar-refractivity contribution in [3.8, 4) is 5.75 Å². The molecular formula is C14H20N2O2. The molecule has 1 aromatic rings. The fourth-order valence-corrected chi connectivity index (χ4v) is 2.18. The van der Waals surface area contributed by atoms with Crippen molar-refractivity contribution in [2.75, 3.05) is 20.7 Å². The molecular weight excluding hydrogens is 228 g/mol. The van der Waals surface area contributed by atoms with Gasteiger partial charge in [-0.1, -0.05) is 6.07 Å². The average Bonchev–Trinajstić information content (AvgIpc) is 2.36. The molecule has 0 heterocycles. The lowest BCUT2D eigenvalue weighted by Gasteiger charge is -2.22. The zero-order valence-corrected chi connectivity index (χ0v) is 11.0. The van der Waals surface area contributed by atoms with Gasteiger partial charge in [-0.15, -0.1) is 0 Å². The van der Waals surface area contributed by atoms with Crippen LogP contribution in [0.1, 0.15) is 30.0 Å². The van der Waals surface area contributed by atoms with Crippen molar-refractivity contribution in [2.24, 2.45) is 5.73 Å². The molecule has 1 atom stereocenters. The van der Waals surface area contributed by atoms with Crippen molar-refractivity contribution in [1.29, 1.82) is 0 Å². The number of hydrogen-bond acceptors (Lipinski definition) is 3. The summed E-state index contributed by atoms with van der Waals surface area (Å²) in [4.78, 5) is 13.0. The number of ether oxygens (including phenoxy) is 1. The van der Waals surface area contributed by atoms with Gasteiger partial charge in [0, 0.05) is 20.1 Å². The minimum atomic E-state index is -0.0444. The molecule has 0 saturated carbocycles. The third-order valence-corrected chi connectivity index (χ3v) is 3.34. The van der Waals surface area contributed by atoms with E-state index >= 15 is 0 Å². The van der Waals surface area contributed by atoms with Gasteiger partial charge in [-0.3, -0.25) is 4.79 Å². The van der Waals surface area contributed by atoms with E-state index in [0.717, 1.165) is 30.6 Å². The minimum absolute atomic E-state index is 0.0444. The Morgan fingerprint density at radius 2 is 2.28 bits per heavy atom. The average molecular weight is 248 g/mol. The van der Waals surface area contributed by atoms with Crippen LogP contribution in [0.15, 0.2) is 18.2 Å². The van der Waals surface area contributed by atoms with Crippen LogP contribution in [-0.2, 0) is 11.2 Å². The predicted octanol–water partition coefficient (Wildman–Crippen LogP) is 1.49. The number of amides is 1. The number of nitrogens with two attached hydrogens (primary N) is 1. The summed E-state index contributed by atoms with van der Waals surface area (Å²) >= 11 is 0. The van der Waals surface area contributed by atoms with E-state index in [1.165, 1.54) is 10.5 Å². The molecule has 1 aliphatic carbocycles. The van der Waals surface area contributed by atoms with Gasteiger partial charge in [-0.2, -0.15) is 0 Å². The van der Waals surface area contributed by atoms with Crippen molar-refractivity contribution in [3.05, 3.63) is 29.3 Å². The van der Waals surface area contributed by atoms with E-state index in [4.69, 9.17) is 10.5 Å². The van der Waals surface area contributed by atoms with Gasteiger partial charge in [-0.05, 0) is 42.5 Å². The van der Waals surface area contributed by atoms with E-state index in [9.17, 15) is 4.79 Å². The number of benzene rings is 1. The number of carbonyl (C=O) groups is 1. The molecule has 1 amide bonds. The molecule has 1 aromatic carbocycles.